The van der Waals surface area contributed by atoms with Gasteiger partial charge < -0.3 is 5.84 Å². The second kappa shape index (κ2) is 14.7. The first kappa shape index (κ1) is 36.6. The second-order valence-corrected chi connectivity index (χ2v) is 15.7. The van der Waals surface area contributed by atoms with Gasteiger partial charge in [0.1, 0.15) is 0 Å². The minimum atomic E-state index is 0.470. The Morgan fingerprint density at radius 3 is 1.96 bits per heavy atom. The molecule has 0 bridgehead atoms. The summed E-state index contributed by atoms with van der Waals surface area (Å²) in [5, 5.41) is 4.40. The van der Waals surface area contributed by atoms with Crippen LogP contribution in [0, 0.1) is 41.5 Å². The number of nitrogens with zero attached hydrogens (tertiary/aromatic N) is 2. The van der Waals surface area contributed by atoms with Gasteiger partial charge in [0, 0.05) is 27.3 Å². The van der Waals surface area contributed by atoms with Crippen LogP contribution in [-0.4, -0.2) is 11.5 Å². The van der Waals surface area contributed by atoms with E-state index in [0.717, 1.165) is 61.7 Å². The van der Waals surface area contributed by atoms with Crippen molar-refractivity contribution in [3.05, 3.63) is 176 Å². The Morgan fingerprint density at radius 2 is 1.25 bits per heavy atom. The molecule has 272 valence electrons. The third-order valence-electron chi connectivity index (χ3n) is 11.7. The Hall–Kier alpha value is -5.36. The van der Waals surface area contributed by atoms with E-state index >= 15 is 0 Å². The van der Waals surface area contributed by atoms with Crippen LogP contribution in [0.25, 0.3) is 44.5 Å². The Balaban J connectivity index is 1.29. The van der Waals surface area contributed by atoms with Gasteiger partial charge in [-0.3, -0.25) is 0 Å². The van der Waals surface area contributed by atoms with Gasteiger partial charge in [0.25, 0.3) is 0 Å². The zero-order valence-electron chi connectivity index (χ0n) is 32.3. The first-order valence-electron chi connectivity index (χ1n) is 18.9. The highest BCUT2D eigenvalue weighted by atomic mass is 32.1. The van der Waals surface area contributed by atoms with Gasteiger partial charge in [0.15, 0.2) is 5.84 Å². The molecular weight excluding hydrogens is 707 g/mol. The van der Waals surface area contributed by atoms with E-state index in [4.69, 9.17) is 36.1 Å². The summed E-state index contributed by atoms with van der Waals surface area (Å²) in [6, 6.07) is 34.4. The summed E-state index contributed by atoms with van der Waals surface area (Å²) in [5.41, 5.74) is 23.2. The van der Waals surface area contributed by atoms with Gasteiger partial charge >= 0.3 is 0 Å². The van der Waals surface area contributed by atoms with Gasteiger partial charge in [-0.2, -0.15) is 5.10 Å². The molecule has 0 fully saturated rings. The molecule has 5 heteroatoms. The van der Waals surface area contributed by atoms with Gasteiger partial charge in [-0.15, -0.1) is 25.3 Å². The van der Waals surface area contributed by atoms with E-state index in [1.165, 1.54) is 72.3 Å². The highest BCUT2D eigenvalue weighted by Crippen LogP contribution is 2.52. The lowest BCUT2D eigenvalue weighted by atomic mass is 9.84. The molecule has 0 aromatic heterocycles. The predicted octanol–water partition coefficient (Wildman–Crippen LogP) is 12.7. The van der Waals surface area contributed by atoms with Crippen LogP contribution in [0.4, 0.5) is 0 Å². The molecule has 0 saturated carbocycles. The van der Waals surface area contributed by atoms with Crippen LogP contribution in [0.1, 0.15) is 62.1 Å². The van der Waals surface area contributed by atoms with Crippen LogP contribution in [0.3, 0.4) is 0 Å². The molecule has 6 aromatic carbocycles. The van der Waals surface area contributed by atoms with Crippen molar-refractivity contribution in [2.75, 3.05) is 0 Å². The van der Waals surface area contributed by atoms with E-state index < -0.39 is 0 Å². The molecule has 6 aromatic rings. The summed E-state index contributed by atoms with van der Waals surface area (Å²) in [4.78, 5) is 7.25. The summed E-state index contributed by atoms with van der Waals surface area (Å²) >= 11 is 10.6. The van der Waals surface area contributed by atoms with Crippen molar-refractivity contribution >= 4 is 36.8 Å². The van der Waals surface area contributed by atoms with Crippen LogP contribution >= 0.6 is 25.3 Å². The SMILES string of the molecule is Cc1ccccc1-c1cc(-c2c(C)c(S)c3c(c2C)-c2c(C)c(C)c(C(/N=C(/C4=CC=CC4)c4ccccc4-c4ccccc4)=N/N)c(S)c2C3)ccc1C. The molecule has 2 aliphatic carbocycles. The maximum absolute atomic E-state index is 6.32. The highest BCUT2D eigenvalue weighted by Gasteiger charge is 2.33. The molecule has 0 heterocycles. The van der Waals surface area contributed by atoms with Crippen molar-refractivity contribution in [3.63, 3.8) is 0 Å². The van der Waals surface area contributed by atoms with Crippen LogP contribution < -0.4 is 5.84 Å². The molecule has 3 nitrogen and oxygen atoms in total. The van der Waals surface area contributed by atoms with E-state index in [9.17, 15) is 0 Å². The molecule has 0 aliphatic heterocycles. The average Bonchev–Trinajstić information content (AvgIpc) is 3.89. The quantitative estimate of drug-likeness (QED) is 0.0512. The maximum Gasteiger partial charge on any atom is 0.180 e. The minimum absolute atomic E-state index is 0.470. The maximum atomic E-state index is 6.32. The third kappa shape index (κ3) is 6.20. The van der Waals surface area contributed by atoms with E-state index in [2.05, 4.69) is 156 Å². The number of fused-ring (bicyclic) bond motifs is 3. The van der Waals surface area contributed by atoms with Crippen molar-refractivity contribution in [3.8, 4) is 44.5 Å². The van der Waals surface area contributed by atoms with Gasteiger partial charge in [0.2, 0.25) is 0 Å². The Kier molecular flexibility index (Phi) is 9.79. The first-order chi connectivity index (χ1) is 26.6. The fourth-order valence-corrected chi connectivity index (χ4v) is 9.49. The summed E-state index contributed by atoms with van der Waals surface area (Å²) < 4.78 is 0. The molecule has 2 N–H and O–H groups in total. The molecule has 0 unspecified atom stereocenters. The topological polar surface area (TPSA) is 50.7 Å². The predicted molar refractivity (Wildman–Crippen MR) is 239 cm³/mol. The van der Waals surface area contributed by atoms with E-state index in [-0.39, 0.29) is 0 Å². The Labute approximate surface area is 336 Å². The lowest BCUT2D eigenvalue weighted by molar-refractivity contribution is 1.10. The Bertz CT molecular complexity index is 2680. The number of aryl methyl sites for hydroxylation is 2. The average molecular weight is 752 g/mol. The highest BCUT2D eigenvalue weighted by molar-refractivity contribution is 7.80. The van der Waals surface area contributed by atoms with E-state index in [1.54, 1.807) is 0 Å². The molecule has 0 radical (unpaired) electrons. The summed E-state index contributed by atoms with van der Waals surface area (Å²) in [6.45, 7) is 13.2. The number of rotatable bonds is 6. The van der Waals surface area contributed by atoms with Crippen LogP contribution in [0.5, 0.6) is 0 Å². The molecule has 0 atom stereocenters. The third-order valence-corrected chi connectivity index (χ3v) is 12.8. The summed E-state index contributed by atoms with van der Waals surface area (Å²) in [5.74, 6) is 6.79. The van der Waals surface area contributed by atoms with Crippen molar-refractivity contribution in [1.29, 1.82) is 0 Å². The number of thiol groups is 2. The van der Waals surface area contributed by atoms with Crippen molar-refractivity contribution < 1.29 is 0 Å². The number of amidine groups is 1. The Morgan fingerprint density at radius 1 is 0.600 bits per heavy atom. The summed E-state index contributed by atoms with van der Waals surface area (Å²) in [6.07, 6.45) is 7.90. The fourth-order valence-electron chi connectivity index (χ4n) is 8.73. The van der Waals surface area contributed by atoms with E-state index in [0.29, 0.717) is 5.84 Å². The molecule has 55 heavy (non-hydrogen) atoms. The number of allylic oxidation sites excluding steroid dienone is 4. The first-order valence-corrected chi connectivity index (χ1v) is 19.7. The van der Waals surface area contributed by atoms with Gasteiger partial charge in [0.05, 0.1) is 5.71 Å². The van der Waals surface area contributed by atoms with Gasteiger partial charge in [-0.05, 0) is 149 Å². The monoisotopic (exact) mass is 751 g/mol. The fraction of sp³-hybridized carbons (Fsp3) is 0.160. The molecule has 8 rings (SSSR count). The smallest absolute Gasteiger partial charge is 0.180 e. The number of hydrazone groups is 1. The van der Waals surface area contributed by atoms with E-state index in [1.807, 2.05) is 6.07 Å². The summed E-state index contributed by atoms with van der Waals surface area (Å²) in [7, 11) is 0. The van der Waals surface area contributed by atoms with Crippen molar-refractivity contribution in [2.45, 2.75) is 64.2 Å². The molecule has 2 aliphatic rings. The normalized spacial score (nSPS) is 13.6. The lowest BCUT2D eigenvalue weighted by Crippen LogP contribution is -2.14. The molecular formula is C50H45N3S2. The van der Waals surface area contributed by atoms with Crippen LogP contribution in [0.15, 0.2) is 141 Å². The largest absolute Gasteiger partial charge is 0.321 e. The lowest BCUT2D eigenvalue weighted by Gasteiger charge is -2.22. The zero-order chi connectivity index (χ0) is 38.5. The van der Waals surface area contributed by atoms with Crippen molar-refractivity contribution in [2.24, 2.45) is 15.9 Å². The standard InChI is InChI=1S/C50H45N3S2/c1-28-16-10-13-21-37(28)40-26-36(25-24-29(40)2)43-32(5)45-41(48(54)33(43)6)27-42-44(45)30(3)31(4)46(49(42)55)50(53-51)52-47(35-19-11-12-20-35)39-23-15-14-22-38(39)34-17-8-7-9-18-34/h7-19,21-26,54-55H,20,27,51H2,1-6H3/b52-47-,53-50-. The number of nitrogens with two attached hydrogens (primary N) is 1. The number of hydrogen-bond acceptors (Lipinski definition) is 4. The van der Waals surface area contributed by atoms with Crippen LogP contribution in [-0.2, 0) is 6.42 Å². The number of benzene rings is 6. The van der Waals surface area contributed by atoms with Crippen molar-refractivity contribution in [1.82, 2.24) is 0 Å². The number of hydrogen-bond donors (Lipinski definition) is 3. The zero-order valence-corrected chi connectivity index (χ0v) is 34.0. The minimum Gasteiger partial charge on any atom is -0.321 e. The molecule has 0 spiro atoms. The van der Waals surface area contributed by atoms with Gasteiger partial charge in [-0.25, -0.2) is 4.99 Å². The molecule has 0 amide bonds. The van der Waals surface area contributed by atoms with Gasteiger partial charge in [-0.1, -0.05) is 109 Å². The number of aliphatic imine (C=N–C) groups is 1. The molecule has 0 saturated heterocycles. The van der Waals surface area contributed by atoms with Crippen LogP contribution in [0.2, 0.25) is 0 Å². The second-order valence-electron chi connectivity index (χ2n) is 14.8.